The third-order valence-electron chi connectivity index (χ3n) is 12.2. The molecule has 0 aromatic heterocycles. The molecule has 0 spiro atoms. The van der Waals surface area contributed by atoms with Gasteiger partial charge in [0.25, 0.3) is 0 Å². The van der Waals surface area contributed by atoms with E-state index in [0.717, 1.165) is 89.9 Å². The largest absolute Gasteiger partial charge is 0.462 e. The topological polar surface area (TPSA) is 78.9 Å². The number of allylic oxidation sites excluding steroid dienone is 12. The van der Waals surface area contributed by atoms with E-state index in [1.807, 2.05) is 0 Å². The Balaban J connectivity index is 4.38. The first-order valence-corrected chi connectivity index (χ1v) is 28.5. The van der Waals surface area contributed by atoms with Crippen LogP contribution in [0.1, 0.15) is 278 Å². The summed E-state index contributed by atoms with van der Waals surface area (Å²) in [6.45, 7) is 6.47. The molecule has 0 amide bonds. The summed E-state index contributed by atoms with van der Waals surface area (Å²) in [6, 6.07) is 0. The molecule has 6 heteroatoms. The molecule has 0 radical (unpaired) electrons. The van der Waals surface area contributed by atoms with Crippen molar-refractivity contribution >= 4 is 17.9 Å². The van der Waals surface area contributed by atoms with Crippen LogP contribution < -0.4 is 0 Å². The maximum atomic E-state index is 12.8. The van der Waals surface area contributed by atoms with E-state index in [1.54, 1.807) is 0 Å². The highest BCUT2D eigenvalue weighted by atomic mass is 16.6. The van der Waals surface area contributed by atoms with Crippen LogP contribution in [0, 0.1) is 0 Å². The number of unbranched alkanes of at least 4 members (excludes halogenated alkanes) is 29. The van der Waals surface area contributed by atoms with Crippen LogP contribution in [0.15, 0.2) is 72.9 Å². The lowest BCUT2D eigenvalue weighted by atomic mass is 10.1. The SMILES string of the molecule is CC/C=C\C/C=C\C/C=C\CCCCC(=O)OCC(COC(=O)CCCCCCCCCCCC/C=C\C=C/CCCCC)OC(=O)CCCCCCC/C=C\CCCCCCCCCCC. The Hall–Kier alpha value is -3.15. The average Bonchev–Trinajstić information content (AvgIpc) is 3.33. The number of hydrogen-bond acceptors (Lipinski definition) is 6. The van der Waals surface area contributed by atoms with Gasteiger partial charge in [0.05, 0.1) is 0 Å². The van der Waals surface area contributed by atoms with Crippen LogP contribution in [-0.4, -0.2) is 37.2 Å². The van der Waals surface area contributed by atoms with E-state index >= 15 is 0 Å². The van der Waals surface area contributed by atoms with Gasteiger partial charge in [0, 0.05) is 19.3 Å². The molecular weight excluding hydrogens is 829 g/mol. The molecule has 0 rings (SSSR count). The van der Waals surface area contributed by atoms with Gasteiger partial charge in [-0.15, -0.1) is 0 Å². The zero-order chi connectivity index (χ0) is 48.6. The monoisotopic (exact) mass is 935 g/mol. The molecule has 0 N–H and O–H groups in total. The predicted molar refractivity (Wildman–Crippen MR) is 288 cm³/mol. The Morgan fingerprint density at radius 2 is 0.627 bits per heavy atom. The quantitative estimate of drug-likeness (QED) is 0.0199. The summed E-state index contributed by atoms with van der Waals surface area (Å²) in [6.07, 6.45) is 70.4. The molecule has 0 heterocycles. The van der Waals surface area contributed by atoms with Crippen molar-refractivity contribution in [2.75, 3.05) is 13.2 Å². The summed E-state index contributed by atoms with van der Waals surface area (Å²) >= 11 is 0. The molecule has 0 saturated heterocycles. The molecule has 0 aromatic rings. The molecule has 0 aliphatic rings. The van der Waals surface area contributed by atoms with Crippen LogP contribution in [0.2, 0.25) is 0 Å². The minimum Gasteiger partial charge on any atom is -0.462 e. The van der Waals surface area contributed by atoms with Crippen molar-refractivity contribution in [3.63, 3.8) is 0 Å². The van der Waals surface area contributed by atoms with Crippen molar-refractivity contribution in [3.05, 3.63) is 72.9 Å². The van der Waals surface area contributed by atoms with Gasteiger partial charge in [-0.3, -0.25) is 14.4 Å². The Morgan fingerprint density at radius 1 is 0.328 bits per heavy atom. The number of hydrogen-bond donors (Lipinski definition) is 0. The van der Waals surface area contributed by atoms with Crippen LogP contribution in [0.3, 0.4) is 0 Å². The molecule has 0 bridgehead atoms. The van der Waals surface area contributed by atoms with Crippen LogP contribution >= 0.6 is 0 Å². The van der Waals surface area contributed by atoms with Crippen LogP contribution in [0.5, 0.6) is 0 Å². The Bertz CT molecular complexity index is 1260. The molecule has 1 atom stereocenters. The van der Waals surface area contributed by atoms with Crippen LogP contribution in [0.25, 0.3) is 0 Å². The zero-order valence-electron chi connectivity index (χ0n) is 44.2. The zero-order valence-corrected chi connectivity index (χ0v) is 44.2. The van der Waals surface area contributed by atoms with Gasteiger partial charge in [-0.25, -0.2) is 0 Å². The van der Waals surface area contributed by atoms with Gasteiger partial charge in [-0.2, -0.15) is 0 Å². The predicted octanol–water partition coefficient (Wildman–Crippen LogP) is 19.0. The van der Waals surface area contributed by atoms with Gasteiger partial charge in [0.15, 0.2) is 6.10 Å². The lowest BCUT2D eigenvalue weighted by molar-refractivity contribution is -0.167. The number of rotatable bonds is 51. The summed E-state index contributed by atoms with van der Waals surface area (Å²) in [5, 5.41) is 0. The fraction of sp³-hybridized carbons (Fsp3) is 0.754. The Labute approximate surface area is 414 Å². The van der Waals surface area contributed by atoms with Crippen molar-refractivity contribution < 1.29 is 28.6 Å². The van der Waals surface area contributed by atoms with E-state index in [-0.39, 0.29) is 31.1 Å². The van der Waals surface area contributed by atoms with Crippen molar-refractivity contribution in [3.8, 4) is 0 Å². The smallest absolute Gasteiger partial charge is 0.306 e. The highest BCUT2D eigenvalue weighted by Crippen LogP contribution is 2.15. The maximum absolute atomic E-state index is 12.8. The van der Waals surface area contributed by atoms with E-state index in [0.29, 0.717) is 19.3 Å². The van der Waals surface area contributed by atoms with E-state index in [4.69, 9.17) is 14.2 Å². The molecular formula is C61H106O6. The lowest BCUT2D eigenvalue weighted by Gasteiger charge is -2.18. The van der Waals surface area contributed by atoms with Gasteiger partial charge in [0.2, 0.25) is 0 Å². The molecule has 0 fully saturated rings. The van der Waals surface area contributed by atoms with Crippen molar-refractivity contribution in [2.45, 2.75) is 284 Å². The van der Waals surface area contributed by atoms with Gasteiger partial charge in [0.1, 0.15) is 13.2 Å². The second kappa shape index (κ2) is 55.4. The first-order valence-electron chi connectivity index (χ1n) is 28.5. The number of carbonyl (C=O) groups is 3. The minimum atomic E-state index is -0.796. The molecule has 0 saturated carbocycles. The number of carbonyl (C=O) groups excluding carboxylic acids is 3. The van der Waals surface area contributed by atoms with Crippen molar-refractivity contribution in [1.82, 2.24) is 0 Å². The van der Waals surface area contributed by atoms with Gasteiger partial charge < -0.3 is 14.2 Å². The fourth-order valence-corrected chi connectivity index (χ4v) is 7.91. The Morgan fingerprint density at radius 3 is 1.07 bits per heavy atom. The molecule has 0 aliphatic carbocycles. The maximum Gasteiger partial charge on any atom is 0.306 e. The van der Waals surface area contributed by atoms with Gasteiger partial charge in [-0.05, 0) is 103 Å². The third-order valence-corrected chi connectivity index (χ3v) is 12.2. The number of ether oxygens (including phenoxy) is 3. The average molecular weight is 936 g/mol. The molecule has 1 unspecified atom stereocenters. The summed E-state index contributed by atoms with van der Waals surface area (Å²) in [5.74, 6) is -0.938. The molecule has 67 heavy (non-hydrogen) atoms. The minimum absolute atomic E-state index is 0.0922. The highest BCUT2D eigenvalue weighted by molar-refractivity contribution is 5.71. The molecule has 386 valence electrons. The van der Waals surface area contributed by atoms with Crippen molar-refractivity contribution in [2.24, 2.45) is 0 Å². The van der Waals surface area contributed by atoms with Crippen LogP contribution in [0.4, 0.5) is 0 Å². The summed E-state index contributed by atoms with van der Waals surface area (Å²) in [4.78, 5) is 38.1. The van der Waals surface area contributed by atoms with Gasteiger partial charge >= 0.3 is 17.9 Å². The second-order valence-electron chi connectivity index (χ2n) is 18.8. The highest BCUT2D eigenvalue weighted by Gasteiger charge is 2.19. The second-order valence-corrected chi connectivity index (χ2v) is 18.8. The number of esters is 3. The van der Waals surface area contributed by atoms with E-state index in [9.17, 15) is 14.4 Å². The standard InChI is InChI=1S/C61H106O6/c1-4-7-10-13-16-19-22-25-27-29-31-33-34-36-39-42-45-48-51-54-60(63)66-57-58(56-65-59(62)53-50-47-44-41-38-24-21-18-15-12-9-6-3)67-61(64)55-52-49-46-43-40-37-35-32-30-28-26-23-20-17-14-11-8-5-2/h9,12,16,18-19,21-22,25,32,35,38,41,58H,4-8,10-11,13-15,17,20,23-24,26-31,33-34,36-37,39-40,42-57H2,1-3H3/b12-9-,19-16-,21-18-,25-22-,35-32-,41-38-. The van der Waals surface area contributed by atoms with E-state index in [2.05, 4.69) is 93.7 Å². The summed E-state index contributed by atoms with van der Waals surface area (Å²) in [5.41, 5.74) is 0. The van der Waals surface area contributed by atoms with Gasteiger partial charge in [-0.1, -0.05) is 229 Å². The normalized spacial score (nSPS) is 12.6. The van der Waals surface area contributed by atoms with E-state index in [1.165, 1.54) is 148 Å². The van der Waals surface area contributed by atoms with Crippen molar-refractivity contribution in [1.29, 1.82) is 0 Å². The first-order chi connectivity index (χ1) is 33.0. The third kappa shape index (κ3) is 53.7. The molecule has 0 aliphatic heterocycles. The summed E-state index contributed by atoms with van der Waals surface area (Å²) in [7, 11) is 0. The lowest BCUT2D eigenvalue weighted by Crippen LogP contribution is -2.30. The van der Waals surface area contributed by atoms with Crippen LogP contribution in [-0.2, 0) is 28.6 Å². The Kier molecular flexibility index (Phi) is 52.8. The fourth-order valence-electron chi connectivity index (χ4n) is 7.91. The summed E-state index contributed by atoms with van der Waals surface area (Å²) < 4.78 is 16.8. The van der Waals surface area contributed by atoms with E-state index < -0.39 is 6.10 Å². The first kappa shape index (κ1) is 63.8. The molecule has 6 nitrogen and oxygen atoms in total. The molecule has 0 aromatic carbocycles.